The summed E-state index contributed by atoms with van der Waals surface area (Å²) >= 11 is 0. The quantitative estimate of drug-likeness (QED) is 0.375. The third-order valence-electron chi connectivity index (χ3n) is 6.88. The summed E-state index contributed by atoms with van der Waals surface area (Å²) in [6, 6.07) is 23.9. The van der Waals surface area contributed by atoms with Crippen molar-refractivity contribution in [1.29, 1.82) is 0 Å². The highest BCUT2D eigenvalue weighted by Crippen LogP contribution is 2.22. The number of ether oxygens (including phenoxy) is 3. The molecule has 7 heteroatoms. The number of methoxy groups -OCH3 is 2. The second-order valence-corrected chi connectivity index (χ2v) is 9.53. The molecule has 0 saturated heterocycles. The first-order chi connectivity index (χ1) is 18.6. The first-order valence-electron chi connectivity index (χ1n) is 13.1. The molecule has 1 saturated carbocycles. The molecule has 1 atom stereocenters. The molecule has 0 spiro atoms. The van der Waals surface area contributed by atoms with Crippen molar-refractivity contribution in [2.45, 2.75) is 50.7 Å². The van der Waals surface area contributed by atoms with E-state index in [0.717, 1.165) is 36.8 Å². The third-order valence-corrected chi connectivity index (χ3v) is 6.88. The Morgan fingerprint density at radius 2 is 1.50 bits per heavy atom. The number of hydrogen-bond acceptors (Lipinski definition) is 5. The van der Waals surface area contributed by atoms with E-state index in [-0.39, 0.29) is 31.0 Å². The average molecular weight is 517 g/mol. The van der Waals surface area contributed by atoms with Gasteiger partial charge in [0.2, 0.25) is 5.91 Å². The number of amides is 2. The number of nitrogens with one attached hydrogen (secondary N) is 1. The van der Waals surface area contributed by atoms with Crippen molar-refractivity contribution >= 4 is 11.8 Å². The van der Waals surface area contributed by atoms with E-state index in [4.69, 9.17) is 14.2 Å². The topological polar surface area (TPSA) is 77.1 Å². The second kappa shape index (κ2) is 13.5. The maximum Gasteiger partial charge on any atom is 0.261 e. The van der Waals surface area contributed by atoms with Gasteiger partial charge in [0.15, 0.2) is 6.61 Å². The number of rotatable bonds is 12. The predicted molar refractivity (Wildman–Crippen MR) is 146 cm³/mol. The summed E-state index contributed by atoms with van der Waals surface area (Å²) in [6.07, 6.45) is 4.55. The van der Waals surface area contributed by atoms with Crippen LogP contribution in [-0.4, -0.2) is 49.6 Å². The van der Waals surface area contributed by atoms with Crippen LogP contribution in [0.2, 0.25) is 0 Å². The number of carbonyl (C=O) groups is 2. The van der Waals surface area contributed by atoms with E-state index in [0.29, 0.717) is 23.7 Å². The lowest BCUT2D eigenvalue weighted by Gasteiger charge is -2.32. The van der Waals surface area contributed by atoms with Crippen molar-refractivity contribution in [2.75, 3.05) is 20.8 Å². The fourth-order valence-corrected chi connectivity index (χ4v) is 4.79. The SMILES string of the molecule is COc1ccc(OCC(=O)N(Cc2cccc(OC)c2)[C@H](Cc2ccccc2)C(=O)NC2CCCC2)cc1. The van der Waals surface area contributed by atoms with Gasteiger partial charge in [-0.2, -0.15) is 0 Å². The van der Waals surface area contributed by atoms with Crippen LogP contribution in [0.25, 0.3) is 0 Å². The van der Waals surface area contributed by atoms with Gasteiger partial charge in [0, 0.05) is 19.0 Å². The van der Waals surface area contributed by atoms with Crippen LogP contribution in [0, 0.1) is 0 Å². The maximum atomic E-state index is 13.7. The van der Waals surface area contributed by atoms with Crippen LogP contribution in [-0.2, 0) is 22.6 Å². The van der Waals surface area contributed by atoms with E-state index < -0.39 is 6.04 Å². The first-order valence-corrected chi connectivity index (χ1v) is 13.1. The monoisotopic (exact) mass is 516 g/mol. The van der Waals surface area contributed by atoms with Gasteiger partial charge >= 0.3 is 0 Å². The van der Waals surface area contributed by atoms with E-state index in [9.17, 15) is 9.59 Å². The summed E-state index contributed by atoms with van der Waals surface area (Å²) in [5.74, 6) is 1.54. The number of hydrogen-bond donors (Lipinski definition) is 1. The summed E-state index contributed by atoms with van der Waals surface area (Å²) in [6.45, 7) is 0.0515. The van der Waals surface area contributed by atoms with Crippen molar-refractivity contribution in [2.24, 2.45) is 0 Å². The third kappa shape index (κ3) is 7.51. The molecule has 3 aromatic rings. The molecule has 0 bridgehead atoms. The molecule has 1 fully saturated rings. The lowest BCUT2D eigenvalue weighted by atomic mass is 10.0. The van der Waals surface area contributed by atoms with Crippen molar-refractivity contribution in [1.82, 2.24) is 10.2 Å². The van der Waals surface area contributed by atoms with Crippen LogP contribution >= 0.6 is 0 Å². The van der Waals surface area contributed by atoms with Gasteiger partial charge in [0.05, 0.1) is 14.2 Å². The Morgan fingerprint density at radius 1 is 0.842 bits per heavy atom. The van der Waals surface area contributed by atoms with Gasteiger partial charge in [0.25, 0.3) is 5.91 Å². The van der Waals surface area contributed by atoms with E-state index in [1.165, 1.54) is 0 Å². The maximum absolute atomic E-state index is 13.7. The minimum Gasteiger partial charge on any atom is -0.497 e. The molecule has 0 aliphatic heterocycles. The summed E-state index contributed by atoms with van der Waals surface area (Å²) in [5, 5.41) is 3.22. The zero-order chi connectivity index (χ0) is 26.7. The Balaban J connectivity index is 1.60. The van der Waals surface area contributed by atoms with Gasteiger partial charge in [-0.25, -0.2) is 0 Å². The molecular formula is C31H36N2O5. The zero-order valence-electron chi connectivity index (χ0n) is 22.1. The molecule has 7 nitrogen and oxygen atoms in total. The van der Waals surface area contributed by atoms with Crippen LogP contribution in [0.15, 0.2) is 78.9 Å². The van der Waals surface area contributed by atoms with Crippen molar-refractivity contribution in [3.63, 3.8) is 0 Å². The highest BCUT2D eigenvalue weighted by Gasteiger charge is 2.32. The molecule has 4 rings (SSSR count). The molecule has 0 unspecified atom stereocenters. The molecule has 0 heterocycles. The van der Waals surface area contributed by atoms with Crippen molar-refractivity contribution in [3.8, 4) is 17.2 Å². The lowest BCUT2D eigenvalue weighted by Crippen LogP contribution is -2.53. The van der Waals surface area contributed by atoms with E-state index in [2.05, 4.69) is 5.32 Å². The highest BCUT2D eigenvalue weighted by atomic mass is 16.5. The van der Waals surface area contributed by atoms with Gasteiger partial charge in [-0.15, -0.1) is 0 Å². The van der Waals surface area contributed by atoms with Gasteiger partial charge in [-0.1, -0.05) is 55.3 Å². The molecule has 0 radical (unpaired) electrons. The van der Waals surface area contributed by atoms with Crippen molar-refractivity contribution in [3.05, 3.63) is 90.0 Å². The standard InChI is InChI=1S/C31H36N2O5/c1-36-26-15-17-27(18-16-26)38-22-30(34)33(21-24-11-8-14-28(19-24)37-2)29(20-23-9-4-3-5-10-23)31(35)32-25-12-6-7-13-25/h3-5,8-11,14-19,25,29H,6-7,12-13,20-22H2,1-2H3,(H,32,35)/t29-/m1/s1. The Kier molecular flexibility index (Phi) is 9.62. The van der Waals surface area contributed by atoms with Crippen LogP contribution in [0.3, 0.4) is 0 Å². The first kappa shape index (κ1) is 27.0. The summed E-state index contributed by atoms with van der Waals surface area (Å²) < 4.78 is 16.4. The fourth-order valence-electron chi connectivity index (χ4n) is 4.79. The minimum absolute atomic E-state index is 0.138. The van der Waals surface area contributed by atoms with E-state index in [1.54, 1.807) is 43.4 Å². The molecule has 38 heavy (non-hydrogen) atoms. The Hall–Kier alpha value is -4.00. The Morgan fingerprint density at radius 3 is 2.18 bits per heavy atom. The predicted octanol–water partition coefficient (Wildman–Crippen LogP) is 4.78. The molecule has 1 aliphatic rings. The molecule has 1 aliphatic carbocycles. The molecular weight excluding hydrogens is 480 g/mol. The summed E-state index contributed by atoms with van der Waals surface area (Å²) in [5.41, 5.74) is 1.85. The van der Waals surface area contributed by atoms with E-state index in [1.807, 2.05) is 54.6 Å². The van der Waals surface area contributed by atoms with Crippen LogP contribution in [0.4, 0.5) is 0 Å². The highest BCUT2D eigenvalue weighted by molar-refractivity contribution is 5.88. The van der Waals surface area contributed by atoms with Crippen molar-refractivity contribution < 1.29 is 23.8 Å². The van der Waals surface area contributed by atoms with Crippen LogP contribution < -0.4 is 19.5 Å². The van der Waals surface area contributed by atoms with E-state index >= 15 is 0 Å². The largest absolute Gasteiger partial charge is 0.497 e. The molecule has 2 amide bonds. The second-order valence-electron chi connectivity index (χ2n) is 9.53. The van der Waals surface area contributed by atoms with Crippen LogP contribution in [0.5, 0.6) is 17.2 Å². The Bertz CT molecular complexity index is 1180. The molecule has 1 N–H and O–H groups in total. The minimum atomic E-state index is -0.698. The summed E-state index contributed by atoms with van der Waals surface area (Å²) in [7, 11) is 3.21. The zero-order valence-corrected chi connectivity index (χ0v) is 22.1. The van der Waals surface area contributed by atoms with Crippen LogP contribution in [0.1, 0.15) is 36.8 Å². The van der Waals surface area contributed by atoms with Gasteiger partial charge in [-0.3, -0.25) is 9.59 Å². The van der Waals surface area contributed by atoms with Gasteiger partial charge < -0.3 is 24.4 Å². The summed E-state index contributed by atoms with van der Waals surface area (Å²) in [4.78, 5) is 29.1. The number of nitrogens with zero attached hydrogens (tertiary/aromatic N) is 1. The molecule has 0 aromatic heterocycles. The van der Waals surface area contributed by atoms with Gasteiger partial charge in [0.1, 0.15) is 23.3 Å². The number of carbonyl (C=O) groups excluding carboxylic acids is 2. The molecule has 3 aromatic carbocycles. The smallest absolute Gasteiger partial charge is 0.261 e. The average Bonchev–Trinajstić information content (AvgIpc) is 3.47. The fraction of sp³-hybridized carbons (Fsp3) is 0.355. The number of benzene rings is 3. The molecule has 200 valence electrons. The lowest BCUT2D eigenvalue weighted by molar-refractivity contribution is -0.143. The van der Waals surface area contributed by atoms with Gasteiger partial charge in [-0.05, 0) is 60.4 Å². The normalized spacial score (nSPS) is 13.9. The Labute approximate surface area is 224 Å².